The molecule has 0 radical (unpaired) electrons. The van der Waals surface area contributed by atoms with Crippen molar-refractivity contribution in [2.75, 3.05) is 11.6 Å². The van der Waals surface area contributed by atoms with Gasteiger partial charge in [0.1, 0.15) is 10.9 Å². The van der Waals surface area contributed by atoms with E-state index >= 15 is 0 Å². The first-order valence-electron chi connectivity index (χ1n) is 13.0. The first kappa shape index (κ1) is 29.6. The minimum atomic E-state index is -1.59. The van der Waals surface area contributed by atoms with E-state index in [9.17, 15) is 19.5 Å². The predicted octanol–water partition coefficient (Wildman–Crippen LogP) is 3.04. The summed E-state index contributed by atoms with van der Waals surface area (Å²) >= 11 is 2.52. The number of hydrogen-bond donors (Lipinski definition) is 4. The van der Waals surface area contributed by atoms with Gasteiger partial charge in [-0.3, -0.25) is 14.4 Å². The zero-order valence-electron chi connectivity index (χ0n) is 23.0. The molecule has 4 rings (SSSR count). The molecule has 3 aromatic rings. The molecule has 0 bridgehead atoms. The molecule has 1 aliphatic rings. The highest BCUT2D eigenvalue weighted by Gasteiger charge is 2.49. The molecule has 0 spiro atoms. The summed E-state index contributed by atoms with van der Waals surface area (Å²) in [4.78, 5) is 46.3. The number of aromatic nitrogens is 1. The van der Waals surface area contributed by atoms with Gasteiger partial charge in [-0.05, 0) is 50.8 Å². The van der Waals surface area contributed by atoms with Crippen LogP contribution in [0.3, 0.4) is 0 Å². The van der Waals surface area contributed by atoms with Gasteiger partial charge in [-0.1, -0.05) is 65.9 Å². The first-order chi connectivity index (χ1) is 19.0. The van der Waals surface area contributed by atoms with E-state index in [0.29, 0.717) is 17.1 Å². The maximum absolute atomic E-state index is 13.8. The molecule has 0 aliphatic carbocycles. The second-order valence-electron chi connectivity index (χ2n) is 10.4. The molecule has 2 aromatic carbocycles. The Morgan fingerprint density at radius 3 is 2.45 bits per heavy atom. The van der Waals surface area contributed by atoms with Gasteiger partial charge in [-0.2, -0.15) is 0 Å². The van der Waals surface area contributed by atoms with Crippen LogP contribution < -0.4 is 16.4 Å². The quantitative estimate of drug-likeness (QED) is 0.305. The molecule has 1 saturated heterocycles. The monoisotopic (exact) mass is 581 g/mol. The van der Waals surface area contributed by atoms with Crippen LogP contribution in [-0.4, -0.2) is 61.5 Å². The summed E-state index contributed by atoms with van der Waals surface area (Å²) in [5.74, 6) is -1.14. The number of nitrogens with two attached hydrogens (primary N) is 1. The van der Waals surface area contributed by atoms with Crippen molar-refractivity contribution in [3.05, 3.63) is 81.9 Å². The zero-order chi connectivity index (χ0) is 29.0. The molecule has 40 heavy (non-hydrogen) atoms. The van der Waals surface area contributed by atoms with Crippen LogP contribution >= 0.6 is 23.1 Å². The topological polar surface area (TPSA) is 138 Å². The van der Waals surface area contributed by atoms with Gasteiger partial charge >= 0.3 is 0 Å². The van der Waals surface area contributed by atoms with E-state index < -0.39 is 34.7 Å². The van der Waals surface area contributed by atoms with E-state index in [-0.39, 0.29) is 23.3 Å². The van der Waals surface area contributed by atoms with E-state index in [1.54, 1.807) is 6.92 Å². The summed E-state index contributed by atoms with van der Waals surface area (Å²) in [6.45, 7) is 7.81. The molecule has 9 nitrogen and oxygen atoms in total. The Morgan fingerprint density at radius 2 is 1.80 bits per heavy atom. The largest absolute Gasteiger partial charge is 0.381 e. The van der Waals surface area contributed by atoms with Gasteiger partial charge in [0.15, 0.2) is 11.2 Å². The number of aliphatic hydroxyl groups excluding tert-OH is 1. The van der Waals surface area contributed by atoms with Gasteiger partial charge in [0.25, 0.3) is 11.8 Å². The van der Waals surface area contributed by atoms with Crippen LogP contribution in [0, 0.1) is 13.8 Å². The maximum atomic E-state index is 13.8. The van der Waals surface area contributed by atoms with E-state index in [0.717, 1.165) is 28.0 Å². The van der Waals surface area contributed by atoms with Crippen molar-refractivity contribution in [3.63, 3.8) is 0 Å². The number of aryl methyl sites for hydroxylation is 2. The Balaban J connectivity index is 1.55. The molecule has 1 aliphatic heterocycles. The number of carbonyl (C=O) groups excluding carboxylic acids is 3. The van der Waals surface area contributed by atoms with E-state index in [4.69, 9.17) is 5.73 Å². The molecular formula is C29H35N5O4S2. The number of nitrogens with zero attached hydrogens (tertiary/aromatic N) is 2. The van der Waals surface area contributed by atoms with Crippen molar-refractivity contribution < 1.29 is 19.5 Å². The summed E-state index contributed by atoms with van der Waals surface area (Å²) in [5, 5.41) is 17.5. The van der Waals surface area contributed by atoms with Crippen LogP contribution in [-0.2, 0) is 22.6 Å². The van der Waals surface area contributed by atoms with Crippen LogP contribution in [0.25, 0.3) is 0 Å². The molecule has 3 amide bonds. The van der Waals surface area contributed by atoms with Gasteiger partial charge in [-0.25, -0.2) is 4.98 Å². The second-order valence-corrected chi connectivity index (χ2v) is 13.0. The number of thiazole rings is 1. The molecule has 0 saturated carbocycles. The highest BCUT2D eigenvalue weighted by Crippen LogP contribution is 2.40. The number of carbonyl (C=O) groups is 3. The van der Waals surface area contributed by atoms with Crippen molar-refractivity contribution >= 4 is 46.0 Å². The number of hydrogen-bond acceptors (Lipinski definition) is 8. The fourth-order valence-corrected chi connectivity index (χ4v) is 6.69. The van der Waals surface area contributed by atoms with Gasteiger partial charge in [0, 0.05) is 11.3 Å². The van der Waals surface area contributed by atoms with Crippen LogP contribution in [0.1, 0.15) is 45.9 Å². The fraction of sp³-hybridized carbons (Fsp3) is 0.379. The van der Waals surface area contributed by atoms with Gasteiger partial charge < -0.3 is 26.4 Å². The van der Waals surface area contributed by atoms with Crippen LogP contribution in [0.2, 0.25) is 0 Å². The van der Waals surface area contributed by atoms with Gasteiger partial charge in [-0.15, -0.1) is 11.8 Å². The highest BCUT2D eigenvalue weighted by atomic mass is 32.2. The minimum Gasteiger partial charge on any atom is -0.381 e. The summed E-state index contributed by atoms with van der Waals surface area (Å²) in [7, 11) is 0. The normalized spacial score (nSPS) is 17.7. The standard InChI is InChI=1S/C29H35N5O4S2/c1-17-10-8-9-13-20(17)15-31-26(37)24-29(3,4)39-16-34(24)27(38)22(35)21(14-19-11-6-5-7-12-19)33-25(36)23-18(2)32-28(30)40-23/h5-13,21-22,24,35H,14-16H2,1-4H3,(H2,30,32)(H,31,37)(H,33,36)/t21-,22-,24?/m0/s1. The number of amides is 3. The molecule has 212 valence electrons. The molecule has 1 fully saturated rings. The summed E-state index contributed by atoms with van der Waals surface area (Å²) in [5.41, 5.74) is 9.14. The molecule has 2 heterocycles. The number of aliphatic hydroxyl groups is 1. The Kier molecular flexibility index (Phi) is 9.17. The minimum absolute atomic E-state index is 0.210. The molecule has 11 heteroatoms. The lowest BCUT2D eigenvalue weighted by atomic mass is 9.97. The summed E-state index contributed by atoms with van der Waals surface area (Å²) in [6.07, 6.45) is -1.38. The zero-order valence-corrected chi connectivity index (χ0v) is 24.6. The van der Waals surface area contributed by atoms with Crippen molar-refractivity contribution in [3.8, 4) is 0 Å². The van der Waals surface area contributed by atoms with Crippen LogP contribution in [0.15, 0.2) is 54.6 Å². The summed E-state index contributed by atoms with van der Waals surface area (Å²) in [6, 6.07) is 15.3. The third kappa shape index (κ3) is 6.65. The molecule has 1 unspecified atom stereocenters. The number of rotatable bonds is 9. The number of nitrogens with one attached hydrogen (secondary N) is 2. The lowest BCUT2D eigenvalue weighted by molar-refractivity contribution is -0.147. The molecule has 3 atom stereocenters. The molecule has 5 N–H and O–H groups in total. The lowest BCUT2D eigenvalue weighted by Crippen LogP contribution is -2.58. The summed E-state index contributed by atoms with van der Waals surface area (Å²) < 4.78 is -0.583. The van der Waals surface area contributed by atoms with Crippen molar-refractivity contribution in [2.24, 2.45) is 0 Å². The average molecular weight is 582 g/mol. The Labute approximate surface area is 242 Å². The van der Waals surface area contributed by atoms with Crippen LogP contribution in [0.5, 0.6) is 0 Å². The smallest absolute Gasteiger partial charge is 0.263 e. The Hall–Kier alpha value is -3.41. The third-order valence-corrected chi connectivity index (χ3v) is 9.42. The maximum Gasteiger partial charge on any atom is 0.263 e. The highest BCUT2D eigenvalue weighted by molar-refractivity contribution is 8.00. The predicted molar refractivity (Wildman–Crippen MR) is 159 cm³/mol. The Bertz CT molecular complexity index is 1380. The van der Waals surface area contributed by atoms with Crippen molar-refractivity contribution in [2.45, 2.75) is 63.6 Å². The van der Waals surface area contributed by atoms with Gasteiger partial charge in [0.05, 0.1) is 17.6 Å². The van der Waals surface area contributed by atoms with Gasteiger partial charge in [0.2, 0.25) is 5.91 Å². The lowest BCUT2D eigenvalue weighted by Gasteiger charge is -2.33. The Morgan fingerprint density at radius 1 is 1.12 bits per heavy atom. The number of anilines is 1. The van der Waals surface area contributed by atoms with E-state index in [1.807, 2.05) is 75.4 Å². The molecule has 1 aromatic heterocycles. The molecular weight excluding hydrogens is 546 g/mol. The van der Waals surface area contributed by atoms with Crippen molar-refractivity contribution in [1.29, 1.82) is 0 Å². The fourth-order valence-electron chi connectivity index (χ4n) is 4.81. The number of nitrogen functional groups attached to an aromatic ring is 1. The number of benzene rings is 2. The third-order valence-electron chi connectivity index (χ3n) is 7.06. The average Bonchev–Trinajstić information content (AvgIpc) is 3.44. The SMILES string of the molecule is Cc1ccccc1CNC(=O)C1N(C(=O)[C@@H](O)[C@H](Cc2ccccc2)NC(=O)c2sc(N)nc2C)CSC1(C)C. The van der Waals surface area contributed by atoms with Crippen LogP contribution in [0.4, 0.5) is 5.13 Å². The first-order valence-corrected chi connectivity index (χ1v) is 14.8. The van der Waals surface area contributed by atoms with E-state index in [1.165, 1.54) is 16.7 Å². The second kappa shape index (κ2) is 12.4. The van der Waals surface area contributed by atoms with Crippen molar-refractivity contribution in [1.82, 2.24) is 20.5 Å². The number of thioether (sulfide) groups is 1. The van der Waals surface area contributed by atoms with E-state index in [2.05, 4.69) is 15.6 Å².